The number of anilines is 1. The van der Waals surface area contributed by atoms with E-state index >= 15 is 0 Å². The SMILES string of the molecule is CCN(C(=O)c1cccc(OCC2CCCO2)c1)c1ccc(F)cc1. The Balaban J connectivity index is 1.71. The highest BCUT2D eigenvalue weighted by Crippen LogP contribution is 2.21. The minimum atomic E-state index is -0.322. The molecule has 1 atom stereocenters. The van der Waals surface area contributed by atoms with Crippen molar-refractivity contribution < 1.29 is 18.7 Å². The van der Waals surface area contributed by atoms with E-state index in [0.717, 1.165) is 19.4 Å². The van der Waals surface area contributed by atoms with Crippen LogP contribution in [0.4, 0.5) is 10.1 Å². The summed E-state index contributed by atoms with van der Waals surface area (Å²) in [5, 5.41) is 0. The maximum atomic E-state index is 13.1. The lowest BCUT2D eigenvalue weighted by Crippen LogP contribution is -2.30. The third-order valence-corrected chi connectivity index (χ3v) is 4.24. The number of nitrogens with zero attached hydrogens (tertiary/aromatic N) is 1. The van der Waals surface area contributed by atoms with E-state index in [2.05, 4.69) is 0 Å². The second-order valence-corrected chi connectivity index (χ2v) is 6.00. The Morgan fingerprint density at radius 1 is 1.28 bits per heavy atom. The zero-order valence-corrected chi connectivity index (χ0v) is 14.3. The summed E-state index contributed by atoms with van der Waals surface area (Å²) < 4.78 is 24.4. The number of rotatable bonds is 6. The molecular weight excluding hydrogens is 321 g/mol. The Bertz CT molecular complexity index is 711. The fraction of sp³-hybridized carbons (Fsp3) is 0.350. The highest BCUT2D eigenvalue weighted by Gasteiger charge is 2.18. The summed E-state index contributed by atoms with van der Waals surface area (Å²) in [6, 6.07) is 13.1. The molecule has 1 saturated heterocycles. The van der Waals surface area contributed by atoms with Gasteiger partial charge < -0.3 is 14.4 Å². The Labute approximate surface area is 147 Å². The third-order valence-electron chi connectivity index (χ3n) is 4.24. The smallest absolute Gasteiger partial charge is 0.258 e. The number of halogens is 1. The molecular formula is C20H22FNO3. The molecule has 0 radical (unpaired) electrons. The maximum absolute atomic E-state index is 13.1. The molecule has 25 heavy (non-hydrogen) atoms. The first-order valence-electron chi connectivity index (χ1n) is 8.59. The lowest BCUT2D eigenvalue weighted by atomic mass is 10.1. The summed E-state index contributed by atoms with van der Waals surface area (Å²) >= 11 is 0. The number of hydrogen-bond acceptors (Lipinski definition) is 3. The van der Waals surface area contributed by atoms with Crippen LogP contribution in [0, 0.1) is 5.82 Å². The number of benzene rings is 2. The second-order valence-electron chi connectivity index (χ2n) is 6.00. The van der Waals surface area contributed by atoms with Crippen molar-refractivity contribution in [3.8, 4) is 5.75 Å². The van der Waals surface area contributed by atoms with Gasteiger partial charge in [-0.25, -0.2) is 4.39 Å². The van der Waals surface area contributed by atoms with Gasteiger partial charge in [-0.15, -0.1) is 0 Å². The highest BCUT2D eigenvalue weighted by molar-refractivity contribution is 6.06. The number of carbonyl (C=O) groups excluding carboxylic acids is 1. The molecule has 1 unspecified atom stereocenters. The standard InChI is InChI=1S/C20H22FNO3/c1-2-22(17-10-8-16(21)9-11-17)20(23)15-5-3-6-18(13-15)25-14-19-7-4-12-24-19/h3,5-6,8-11,13,19H,2,4,7,12,14H2,1H3. The molecule has 4 nitrogen and oxygen atoms in total. The first-order valence-corrected chi connectivity index (χ1v) is 8.59. The van der Waals surface area contributed by atoms with Gasteiger partial charge in [0.1, 0.15) is 18.2 Å². The van der Waals surface area contributed by atoms with Crippen LogP contribution in [0.2, 0.25) is 0 Å². The van der Waals surface area contributed by atoms with Crippen molar-refractivity contribution in [3.63, 3.8) is 0 Å². The monoisotopic (exact) mass is 343 g/mol. The van der Waals surface area contributed by atoms with Gasteiger partial charge in [0.2, 0.25) is 0 Å². The molecule has 1 aliphatic rings. The number of carbonyl (C=O) groups is 1. The van der Waals surface area contributed by atoms with Gasteiger partial charge in [0, 0.05) is 24.4 Å². The van der Waals surface area contributed by atoms with Crippen LogP contribution in [-0.4, -0.2) is 31.8 Å². The van der Waals surface area contributed by atoms with Gasteiger partial charge in [-0.1, -0.05) is 6.07 Å². The predicted molar refractivity (Wildman–Crippen MR) is 94.7 cm³/mol. The van der Waals surface area contributed by atoms with E-state index in [0.29, 0.717) is 30.2 Å². The largest absolute Gasteiger partial charge is 0.491 e. The lowest BCUT2D eigenvalue weighted by molar-refractivity contribution is 0.0679. The molecule has 1 fully saturated rings. The third kappa shape index (κ3) is 4.37. The minimum absolute atomic E-state index is 0.130. The van der Waals surface area contributed by atoms with E-state index in [1.165, 1.54) is 12.1 Å². The van der Waals surface area contributed by atoms with Crippen molar-refractivity contribution in [1.82, 2.24) is 0 Å². The van der Waals surface area contributed by atoms with Crippen LogP contribution in [0.1, 0.15) is 30.1 Å². The van der Waals surface area contributed by atoms with Gasteiger partial charge in [-0.05, 0) is 62.2 Å². The molecule has 0 spiro atoms. The van der Waals surface area contributed by atoms with Crippen LogP contribution in [0.5, 0.6) is 5.75 Å². The van der Waals surface area contributed by atoms with Gasteiger partial charge in [0.15, 0.2) is 0 Å². The number of ether oxygens (including phenoxy) is 2. The molecule has 2 aromatic rings. The van der Waals surface area contributed by atoms with E-state index in [1.807, 2.05) is 13.0 Å². The first kappa shape index (κ1) is 17.4. The zero-order valence-electron chi connectivity index (χ0n) is 14.3. The molecule has 3 rings (SSSR count). The maximum Gasteiger partial charge on any atom is 0.258 e. The van der Waals surface area contributed by atoms with E-state index in [-0.39, 0.29) is 17.8 Å². The molecule has 0 aliphatic carbocycles. The van der Waals surface area contributed by atoms with Crippen molar-refractivity contribution in [2.45, 2.75) is 25.9 Å². The van der Waals surface area contributed by atoms with Crippen LogP contribution >= 0.6 is 0 Å². The Hall–Kier alpha value is -2.40. The average molecular weight is 343 g/mol. The summed E-state index contributed by atoms with van der Waals surface area (Å²) in [6.45, 7) is 3.66. The van der Waals surface area contributed by atoms with E-state index < -0.39 is 0 Å². The molecule has 0 bridgehead atoms. The lowest BCUT2D eigenvalue weighted by Gasteiger charge is -2.21. The van der Waals surface area contributed by atoms with Crippen molar-refractivity contribution in [2.75, 3.05) is 24.7 Å². The van der Waals surface area contributed by atoms with Crippen molar-refractivity contribution in [3.05, 3.63) is 59.9 Å². The summed E-state index contributed by atoms with van der Waals surface area (Å²) in [6.07, 6.45) is 2.20. The predicted octanol–water partition coefficient (Wildman–Crippen LogP) is 4.05. The van der Waals surface area contributed by atoms with Gasteiger partial charge in [-0.3, -0.25) is 4.79 Å². The normalized spacial score (nSPS) is 16.6. The fourth-order valence-corrected chi connectivity index (χ4v) is 2.90. The van der Waals surface area contributed by atoms with E-state index in [9.17, 15) is 9.18 Å². The van der Waals surface area contributed by atoms with Crippen molar-refractivity contribution in [2.24, 2.45) is 0 Å². The van der Waals surface area contributed by atoms with Crippen LogP contribution in [-0.2, 0) is 4.74 Å². The minimum Gasteiger partial charge on any atom is -0.491 e. The quantitative estimate of drug-likeness (QED) is 0.794. The topological polar surface area (TPSA) is 38.8 Å². The van der Waals surface area contributed by atoms with Gasteiger partial charge in [-0.2, -0.15) is 0 Å². The van der Waals surface area contributed by atoms with Gasteiger partial charge in [0.25, 0.3) is 5.91 Å². The Morgan fingerprint density at radius 3 is 2.76 bits per heavy atom. The van der Waals surface area contributed by atoms with E-state index in [4.69, 9.17) is 9.47 Å². The molecule has 2 aromatic carbocycles. The summed E-state index contributed by atoms with van der Waals surface area (Å²) in [7, 11) is 0. The molecule has 0 saturated carbocycles. The molecule has 0 N–H and O–H groups in total. The Kier molecular flexibility index (Phi) is 5.66. The van der Waals surface area contributed by atoms with Gasteiger partial charge in [0.05, 0.1) is 6.10 Å². The molecule has 0 aromatic heterocycles. The van der Waals surface area contributed by atoms with Gasteiger partial charge >= 0.3 is 0 Å². The summed E-state index contributed by atoms with van der Waals surface area (Å²) in [5.74, 6) is 0.185. The number of amides is 1. The molecule has 1 aliphatic heterocycles. The summed E-state index contributed by atoms with van der Waals surface area (Å²) in [5.41, 5.74) is 1.20. The molecule has 1 heterocycles. The van der Waals surface area contributed by atoms with Crippen LogP contribution in [0.3, 0.4) is 0 Å². The number of hydrogen-bond donors (Lipinski definition) is 0. The Morgan fingerprint density at radius 2 is 2.08 bits per heavy atom. The van der Waals surface area contributed by atoms with Crippen LogP contribution in [0.15, 0.2) is 48.5 Å². The first-order chi connectivity index (χ1) is 12.2. The molecule has 1 amide bonds. The summed E-state index contributed by atoms with van der Waals surface area (Å²) in [4.78, 5) is 14.4. The van der Waals surface area contributed by atoms with Crippen molar-refractivity contribution >= 4 is 11.6 Å². The zero-order chi connectivity index (χ0) is 17.6. The molecule has 5 heteroatoms. The fourth-order valence-electron chi connectivity index (χ4n) is 2.90. The van der Waals surface area contributed by atoms with E-state index in [1.54, 1.807) is 35.2 Å². The molecule has 132 valence electrons. The average Bonchev–Trinajstić information content (AvgIpc) is 3.16. The van der Waals surface area contributed by atoms with Crippen molar-refractivity contribution in [1.29, 1.82) is 0 Å². The second kappa shape index (κ2) is 8.12. The highest BCUT2D eigenvalue weighted by atomic mass is 19.1. The van der Waals surface area contributed by atoms with Crippen LogP contribution < -0.4 is 9.64 Å². The van der Waals surface area contributed by atoms with Crippen LogP contribution in [0.25, 0.3) is 0 Å².